The number of hydrogen-bond donors (Lipinski definition) is 1. The normalized spacial score (nSPS) is 11.8. The molecule has 0 aliphatic carbocycles. The van der Waals surface area contributed by atoms with Gasteiger partial charge in [-0.05, 0) is 25.1 Å². The van der Waals surface area contributed by atoms with Crippen LogP contribution in [0.15, 0.2) is 52.5 Å². The van der Waals surface area contributed by atoms with Crippen LogP contribution < -0.4 is 10.6 Å². The van der Waals surface area contributed by atoms with Gasteiger partial charge >= 0.3 is 0 Å². The second kappa shape index (κ2) is 9.71. The van der Waals surface area contributed by atoms with Crippen LogP contribution in [0.2, 0.25) is 0 Å². The van der Waals surface area contributed by atoms with Gasteiger partial charge in [0, 0.05) is 30.0 Å². The van der Waals surface area contributed by atoms with Crippen molar-refractivity contribution in [2.45, 2.75) is 36.6 Å². The monoisotopic (exact) mass is 461 g/mol. The minimum absolute atomic E-state index is 0.204. The van der Waals surface area contributed by atoms with Gasteiger partial charge in [0.05, 0.1) is 12.0 Å². The number of nitrogens with two attached hydrogens (primary N) is 1. The summed E-state index contributed by atoms with van der Waals surface area (Å²) in [6, 6.07) is 12.6. The predicted molar refractivity (Wildman–Crippen MR) is 123 cm³/mol. The molecular weight excluding hydrogens is 434 g/mol. The predicted octanol–water partition coefficient (Wildman–Crippen LogP) is 3.30. The standard InChI is InChI=1S/C21H27N5O3S2/c1-5-25(6-2)31(27,28)18-9-7-8-16(13-18)20-23-24-21(26(20)22)30-14-17-12-15(3)10-11-19(17)29-4/h7-13H,5-6,14,22H2,1-4H3. The summed E-state index contributed by atoms with van der Waals surface area (Å²) in [6.07, 6.45) is 0. The highest BCUT2D eigenvalue weighted by Crippen LogP contribution is 2.30. The molecule has 2 aromatic carbocycles. The summed E-state index contributed by atoms with van der Waals surface area (Å²) in [5, 5.41) is 8.91. The molecule has 0 aliphatic rings. The number of thioether (sulfide) groups is 1. The molecule has 8 nitrogen and oxygen atoms in total. The van der Waals surface area contributed by atoms with E-state index in [1.165, 1.54) is 20.7 Å². The van der Waals surface area contributed by atoms with Gasteiger partial charge in [0.25, 0.3) is 0 Å². The lowest BCUT2D eigenvalue weighted by molar-refractivity contribution is 0.411. The van der Waals surface area contributed by atoms with Crippen molar-refractivity contribution < 1.29 is 13.2 Å². The fourth-order valence-corrected chi connectivity index (χ4v) is 5.58. The summed E-state index contributed by atoms with van der Waals surface area (Å²) >= 11 is 1.43. The van der Waals surface area contributed by atoms with Crippen LogP contribution in [0.4, 0.5) is 0 Å². The number of hydrogen-bond acceptors (Lipinski definition) is 7. The number of nitrogen functional groups attached to an aromatic ring is 1. The van der Waals surface area contributed by atoms with Crippen LogP contribution in [0.1, 0.15) is 25.0 Å². The summed E-state index contributed by atoms with van der Waals surface area (Å²) in [7, 11) is -1.94. The number of nitrogens with zero attached hydrogens (tertiary/aromatic N) is 4. The number of rotatable bonds is 9. The zero-order valence-electron chi connectivity index (χ0n) is 18.1. The van der Waals surface area contributed by atoms with Crippen LogP contribution in [-0.4, -0.2) is 47.8 Å². The van der Waals surface area contributed by atoms with Gasteiger partial charge in [0.1, 0.15) is 5.75 Å². The van der Waals surface area contributed by atoms with E-state index < -0.39 is 10.0 Å². The van der Waals surface area contributed by atoms with Crippen molar-refractivity contribution in [3.05, 3.63) is 53.6 Å². The summed E-state index contributed by atoms with van der Waals surface area (Å²) < 4.78 is 33.9. The maximum atomic E-state index is 12.9. The lowest BCUT2D eigenvalue weighted by atomic mass is 10.1. The average molecular weight is 462 g/mol. The quantitative estimate of drug-likeness (QED) is 0.385. The minimum Gasteiger partial charge on any atom is -0.496 e. The smallest absolute Gasteiger partial charge is 0.243 e. The molecule has 31 heavy (non-hydrogen) atoms. The molecule has 0 bridgehead atoms. The van der Waals surface area contributed by atoms with Gasteiger partial charge < -0.3 is 10.6 Å². The highest BCUT2D eigenvalue weighted by atomic mass is 32.2. The Hall–Kier alpha value is -2.56. The number of aromatic nitrogens is 3. The molecule has 0 radical (unpaired) electrons. The maximum Gasteiger partial charge on any atom is 0.243 e. The Morgan fingerprint density at radius 1 is 1.13 bits per heavy atom. The van der Waals surface area contributed by atoms with Gasteiger partial charge in [-0.1, -0.05) is 55.4 Å². The van der Waals surface area contributed by atoms with Crippen molar-refractivity contribution in [3.63, 3.8) is 0 Å². The fraction of sp³-hybridized carbons (Fsp3) is 0.333. The Morgan fingerprint density at radius 2 is 1.87 bits per heavy atom. The Balaban J connectivity index is 1.86. The van der Waals surface area contributed by atoms with E-state index in [1.54, 1.807) is 31.4 Å². The third-order valence-electron chi connectivity index (χ3n) is 4.89. The van der Waals surface area contributed by atoms with E-state index >= 15 is 0 Å². The summed E-state index contributed by atoms with van der Waals surface area (Å²) in [5.74, 6) is 8.06. The lowest BCUT2D eigenvalue weighted by Crippen LogP contribution is -2.30. The molecule has 10 heteroatoms. The Morgan fingerprint density at radius 3 is 2.55 bits per heavy atom. The van der Waals surface area contributed by atoms with Gasteiger partial charge in [-0.25, -0.2) is 13.1 Å². The second-order valence-electron chi connectivity index (χ2n) is 6.90. The van der Waals surface area contributed by atoms with Crippen molar-refractivity contribution in [3.8, 4) is 17.1 Å². The molecule has 166 valence electrons. The molecular formula is C21H27N5O3S2. The van der Waals surface area contributed by atoms with E-state index in [-0.39, 0.29) is 4.90 Å². The molecule has 0 aliphatic heterocycles. The summed E-state index contributed by atoms with van der Waals surface area (Å²) in [5.41, 5.74) is 2.75. The van der Waals surface area contributed by atoms with Gasteiger partial charge in [-0.15, -0.1) is 10.2 Å². The lowest BCUT2D eigenvalue weighted by Gasteiger charge is -2.18. The van der Waals surface area contributed by atoms with Crippen LogP contribution in [0.3, 0.4) is 0 Å². The first-order chi connectivity index (χ1) is 14.8. The van der Waals surface area contributed by atoms with Crippen LogP contribution in [-0.2, 0) is 15.8 Å². The van der Waals surface area contributed by atoms with Crippen molar-refractivity contribution in [2.24, 2.45) is 0 Å². The fourth-order valence-electron chi connectivity index (χ4n) is 3.24. The first kappa shape index (κ1) is 23.1. The Bertz CT molecular complexity index is 1160. The SMILES string of the molecule is CCN(CC)S(=O)(=O)c1cccc(-c2nnc(SCc3cc(C)ccc3OC)n2N)c1. The summed E-state index contributed by atoms with van der Waals surface area (Å²) in [6.45, 7) is 6.46. The molecule has 3 rings (SSSR count). The average Bonchev–Trinajstić information content (AvgIpc) is 3.13. The summed E-state index contributed by atoms with van der Waals surface area (Å²) in [4.78, 5) is 0.204. The van der Waals surface area contributed by atoms with Crippen LogP contribution >= 0.6 is 11.8 Å². The molecule has 1 aromatic heterocycles. The highest BCUT2D eigenvalue weighted by molar-refractivity contribution is 7.98. The third kappa shape index (κ3) is 4.86. The molecule has 0 atom stereocenters. The minimum atomic E-state index is -3.58. The Labute approximate surface area is 187 Å². The molecule has 0 saturated heterocycles. The number of ether oxygens (including phenoxy) is 1. The van der Waals surface area contributed by atoms with E-state index in [0.717, 1.165) is 16.9 Å². The zero-order chi connectivity index (χ0) is 22.6. The largest absolute Gasteiger partial charge is 0.496 e. The Kier molecular flexibility index (Phi) is 7.24. The van der Waals surface area contributed by atoms with Crippen LogP contribution in [0.25, 0.3) is 11.4 Å². The molecule has 0 saturated carbocycles. The van der Waals surface area contributed by atoms with Crippen molar-refractivity contribution >= 4 is 21.8 Å². The molecule has 0 fully saturated rings. The highest BCUT2D eigenvalue weighted by Gasteiger charge is 2.23. The molecule has 0 unspecified atom stereocenters. The van der Waals surface area contributed by atoms with Gasteiger partial charge in [0.15, 0.2) is 5.82 Å². The van der Waals surface area contributed by atoms with Gasteiger partial charge in [-0.3, -0.25) is 0 Å². The molecule has 2 N–H and O–H groups in total. The second-order valence-corrected chi connectivity index (χ2v) is 9.78. The van der Waals surface area contributed by atoms with Gasteiger partial charge in [-0.2, -0.15) is 4.31 Å². The van der Waals surface area contributed by atoms with Crippen molar-refractivity contribution in [1.29, 1.82) is 0 Å². The molecule has 0 spiro atoms. The topological polar surface area (TPSA) is 103 Å². The first-order valence-electron chi connectivity index (χ1n) is 9.89. The number of methoxy groups -OCH3 is 1. The maximum absolute atomic E-state index is 12.9. The van der Waals surface area contributed by atoms with Gasteiger partial charge in [0.2, 0.25) is 15.2 Å². The number of benzene rings is 2. The molecule has 3 aromatic rings. The van der Waals surface area contributed by atoms with E-state index in [0.29, 0.717) is 35.4 Å². The third-order valence-corrected chi connectivity index (χ3v) is 7.93. The van der Waals surface area contributed by atoms with E-state index in [4.69, 9.17) is 10.6 Å². The van der Waals surface area contributed by atoms with E-state index in [2.05, 4.69) is 16.3 Å². The van der Waals surface area contributed by atoms with Crippen LogP contribution in [0.5, 0.6) is 5.75 Å². The molecule has 0 amide bonds. The first-order valence-corrected chi connectivity index (χ1v) is 12.3. The molecule has 1 heterocycles. The van der Waals surface area contributed by atoms with Crippen LogP contribution in [0, 0.1) is 6.92 Å². The zero-order valence-corrected chi connectivity index (χ0v) is 19.7. The number of aryl methyl sites for hydroxylation is 1. The van der Waals surface area contributed by atoms with E-state index in [1.807, 2.05) is 32.9 Å². The van der Waals surface area contributed by atoms with Crippen molar-refractivity contribution in [2.75, 3.05) is 26.0 Å². The number of sulfonamides is 1. The van der Waals surface area contributed by atoms with Crippen molar-refractivity contribution in [1.82, 2.24) is 19.2 Å². The van der Waals surface area contributed by atoms with E-state index in [9.17, 15) is 8.42 Å².